The molecule has 0 bridgehead atoms. The first-order valence-corrected chi connectivity index (χ1v) is 4.13. The van der Waals surface area contributed by atoms with Gasteiger partial charge >= 0.3 is 0 Å². The highest BCUT2D eigenvalue weighted by Gasteiger charge is 2.26. The molecule has 0 aromatic rings. The summed E-state index contributed by atoms with van der Waals surface area (Å²) in [6.45, 7) is 7.74. The van der Waals surface area contributed by atoms with Crippen molar-refractivity contribution in [3.8, 4) is 0 Å². The standard InChI is InChI=1S/C8H16N2O/c1-6(2)4-10-5-9-7(3)8(10)11/h6-7,9H,4-5H2,1-3H3. The highest BCUT2D eigenvalue weighted by atomic mass is 16.2. The molecule has 1 aliphatic heterocycles. The average molecular weight is 156 g/mol. The van der Waals surface area contributed by atoms with Crippen LogP contribution in [0.2, 0.25) is 0 Å². The molecule has 0 aromatic carbocycles. The molecule has 1 rings (SSSR count). The average Bonchev–Trinajstić information content (AvgIpc) is 2.18. The molecule has 0 radical (unpaired) electrons. The first-order valence-electron chi connectivity index (χ1n) is 4.13. The van der Waals surface area contributed by atoms with Gasteiger partial charge in [0.05, 0.1) is 12.7 Å². The van der Waals surface area contributed by atoms with Crippen LogP contribution >= 0.6 is 0 Å². The van der Waals surface area contributed by atoms with Crippen molar-refractivity contribution >= 4 is 5.91 Å². The molecule has 11 heavy (non-hydrogen) atoms. The first kappa shape index (κ1) is 8.53. The van der Waals surface area contributed by atoms with E-state index < -0.39 is 0 Å². The van der Waals surface area contributed by atoms with Crippen LogP contribution in [0, 0.1) is 5.92 Å². The molecule has 1 unspecified atom stereocenters. The maximum atomic E-state index is 11.3. The Labute approximate surface area is 67.8 Å². The van der Waals surface area contributed by atoms with Crippen LogP contribution in [-0.4, -0.2) is 30.1 Å². The van der Waals surface area contributed by atoms with Crippen LogP contribution in [0.3, 0.4) is 0 Å². The number of carbonyl (C=O) groups is 1. The zero-order chi connectivity index (χ0) is 8.43. The van der Waals surface area contributed by atoms with Crippen LogP contribution in [-0.2, 0) is 4.79 Å². The molecule has 1 fully saturated rings. The predicted molar refractivity (Wildman–Crippen MR) is 44.0 cm³/mol. The highest BCUT2D eigenvalue weighted by molar-refractivity contribution is 5.83. The van der Waals surface area contributed by atoms with Crippen LogP contribution in [0.5, 0.6) is 0 Å². The van der Waals surface area contributed by atoms with Crippen molar-refractivity contribution in [3.63, 3.8) is 0 Å². The lowest BCUT2D eigenvalue weighted by molar-refractivity contribution is -0.129. The molecule has 1 heterocycles. The van der Waals surface area contributed by atoms with Crippen molar-refractivity contribution in [2.24, 2.45) is 5.92 Å². The number of carbonyl (C=O) groups excluding carboxylic acids is 1. The van der Waals surface area contributed by atoms with Crippen LogP contribution in [0.25, 0.3) is 0 Å². The third-order valence-electron chi connectivity index (χ3n) is 1.86. The van der Waals surface area contributed by atoms with Crippen molar-refractivity contribution in [2.45, 2.75) is 26.8 Å². The lowest BCUT2D eigenvalue weighted by atomic mass is 10.2. The van der Waals surface area contributed by atoms with Gasteiger partial charge in [0.15, 0.2) is 0 Å². The first-order chi connectivity index (χ1) is 5.11. The third-order valence-corrected chi connectivity index (χ3v) is 1.86. The van der Waals surface area contributed by atoms with E-state index >= 15 is 0 Å². The van der Waals surface area contributed by atoms with E-state index in [1.165, 1.54) is 0 Å². The number of nitrogens with zero attached hydrogens (tertiary/aromatic N) is 1. The van der Waals surface area contributed by atoms with Crippen molar-refractivity contribution in [3.05, 3.63) is 0 Å². The third kappa shape index (κ3) is 1.93. The Morgan fingerprint density at radius 2 is 2.36 bits per heavy atom. The van der Waals surface area contributed by atoms with Crippen molar-refractivity contribution in [1.29, 1.82) is 0 Å². The van der Waals surface area contributed by atoms with E-state index in [2.05, 4.69) is 19.2 Å². The Morgan fingerprint density at radius 3 is 2.73 bits per heavy atom. The lowest BCUT2D eigenvalue weighted by Crippen LogP contribution is -2.31. The molecule has 0 spiro atoms. The fourth-order valence-electron chi connectivity index (χ4n) is 1.28. The summed E-state index contributed by atoms with van der Waals surface area (Å²) in [7, 11) is 0. The van der Waals surface area contributed by atoms with Gasteiger partial charge in [-0.2, -0.15) is 0 Å². The summed E-state index contributed by atoms with van der Waals surface area (Å²) < 4.78 is 0. The molecular formula is C8H16N2O. The van der Waals surface area contributed by atoms with Gasteiger partial charge in [-0.25, -0.2) is 0 Å². The summed E-state index contributed by atoms with van der Waals surface area (Å²) in [6.07, 6.45) is 0. The zero-order valence-electron chi connectivity index (χ0n) is 7.42. The number of hydrogen-bond acceptors (Lipinski definition) is 2. The Morgan fingerprint density at radius 1 is 1.73 bits per heavy atom. The monoisotopic (exact) mass is 156 g/mol. The number of amides is 1. The summed E-state index contributed by atoms with van der Waals surface area (Å²) in [5.41, 5.74) is 0. The van der Waals surface area contributed by atoms with E-state index in [-0.39, 0.29) is 11.9 Å². The summed E-state index contributed by atoms with van der Waals surface area (Å²) in [4.78, 5) is 13.2. The second-order valence-electron chi connectivity index (χ2n) is 3.54. The fraction of sp³-hybridized carbons (Fsp3) is 0.875. The minimum Gasteiger partial charge on any atom is -0.328 e. The van der Waals surface area contributed by atoms with E-state index in [1.54, 1.807) is 0 Å². The molecule has 1 saturated heterocycles. The predicted octanol–water partition coefficient (Wildman–Crippen LogP) is 0.420. The van der Waals surface area contributed by atoms with Gasteiger partial charge in [-0.15, -0.1) is 0 Å². The second-order valence-corrected chi connectivity index (χ2v) is 3.54. The van der Waals surface area contributed by atoms with Gasteiger partial charge < -0.3 is 4.90 Å². The van der Waals surface area contributed by atoms with Gasteiger partial charge in [0, 0.05) is 6.54 Å². The van der Waals surface area contributed by atoms with Gasteiger partial charge in [0.25, 0.3) is 0 Å². The second kappa shape index (κ2) is 3.22. The molecule has 0 aromatic heterocycles. The maximum absolute atomic E-state index is 11.3. The normalized spacial score (nSPS) is 25.3. The Balaban J connectivity index is 2.42. The molecular weight excluding hydrogens is 140 g/mol. The maximum Gasteiger partial charge on any atom is 0.240 e. The Hall–Kier alpha value is -0.570. The SMILES string of the molecule is CC(C)CN1CNC(C)C1=O. The number of rotatable bonds is 2. The van der Waals surface area contributed by atoms with Crippen LogP contribution in [0.15, 0.2) is 0 Å². The molecule has 3 heteroatoms. The highest BCUT2D eigenvalue weighted by Crippen LogP contribution is 2.05. The van der Waals surface area contributed by atoms with Gasteiger partial charge in [0.2, 0.25) is 5.91 Å². The molecule has 0 aliphatic carbocycles. The molecule has 0 saturated carbocycles. The Bertz CT molecular complexity index is 156. The summed E-state index contributed by atoms with van der Waals surface area (Å²) in [5.74, 6) is 0.796. The quantitative estimate of drug-likeness (QED) is 0.628. The Kier molecular flexibility index (Phi) is 2.49. The summed E-state index contributed by atoms with van der Waals surface area (Å²) in [6, 6.07) is 0.0220. The minimum absolute atomic E-state index is 0.0220. The van der Waals surface area contributed by atoms with E-state index in [1.807, 2.05) is 11.8 Å². The van der Waals surface area contributed by atoms with Gasteiger partial charge in [-0.3, -0.25) is 10.1 Å². The van der Waals surface area contributed by atoms with Crippen LogP contribution in [0.1, 0.15) is 20.8 Å². The van der Waals surface area contributed by atoms with E-state index in [0.29, 0.717) is 5.92 Å². The molecule has 64 valence electrons. The van der Waals surface area contributed by atoms with Gasteiger partial charge in [-0.1, -0.05) is 13.8 Å². The largest absolute Gasteiger partial charge is 0.328 e. The van der Waals surface area contributed by atoms with E-state index in [9.17, 15) is 4.79 Å². The summed E-state index contributed by atoms with van der Waals surface area (Å²) >= 11 is 0. The fourth-order valence-corrected chi connectivity index (χ4v) is 1.28. The van der Waals surface area contributed by atoms with E-state index in [4.69, 9.17) is 0 Å². The lowest BCUT2D eigenvalue weighted by Gasteiger charge is -2.16. The summed E-state index contributed by atoms with van der Waals surface area (Å²) in [5, 5.41) is 3.10. The van der Waals surface area contributed by atoms with Crippen LogP contribution in [0.4, 0.5) is 0 Å². The molecule has 1 amide bonds. The van der Waals surface area contributed by atoms with E-state index in [0.717, 1.165) is 13.2 Å². The smallest absolute Gasteiger partial charge is 0.240 e. The van der Waals surface area contributed by atoms with Crippen molar-refractivity contribution < 1.29 is 4.79 Å². The zero-order valence-corrected chi connectivity index (χ0v) is 7.42. The van der Waals surface area contributed by atoms with Crippen LogP contribution < -0.4 is 5.32 Å². The molecule has 3 nitrogen and oxygen atoms in total. The number of nitrogens with one attached hydrogen (secondary N) is 1. The van der Waals surface area contributed by atoms with Gasteiger partial charge in [0.1, 0.15) is 0 Å². The van der Waals surface area contributed by atoms with Crippen molar-refractivity contribution in [1.82, 2.24) is 10.2 Å². The van der Waals surface area contributed by atoms with Crippen molar-refractivity contribution in [2.75, 3.05) is 13.2 Å². The molecule has 1 N–H and O–H groups in total. The van der Waals surface area contributed by atoms with Gasteiger partial charge in [-0.05, 0) is 12.8 Å². The topological polar surface area (TPSA) is 32.3 Å². The number of hydrogen-bond donors (Lipinski definition) is 1. The minimum atomic E-state index is 0.0220. The molecule has 1 aliphatic rings. The molecule has 1 atom stereocenters.